The van der Waals surface area contributed by atoms with Crippen molar-refractivity contribution >= 4 is 23.6 Å². The number of nitrogens with zero attached hydrogens (tertiary/aromatic N) is 5. The van der Waals surface area contributed by atoms with E-state index in [1.165, 1.54) is 12.8 Å². The number of aromatic nitrogens is 4. The molecule has 2 heterocycles. The number of hydrogen-bond donors (Lipinski definition) is 3. The van der Waals surface area contributed by atoms with E-state index in [2.05, 4.69) is 47.0 Å². The number of alkyl carbamates (subject to hydrolysis) is 1. The van der Waals surface area contributed by atoms with Gasteiger partial charge < -0.3 is 25.6 Å². The molecule has 10 nitrogen and oxygen atoms in total. The third-order valence-electron chi connectivity index (χ3n) is 7.31. The fourth-order valence-electron chi connectivity index (χ4n) is 5.36. The Balaban J connectivity index is 1.46. The molecule has 0 spiro atoms. The normalized spacial score (nSPS) is 25.1. The Morgan fingerprint density at radius 1 is 1.06 bits per heavy atom. The van der Waals surface area contributed by atoms with E-state index in [1.807, 2.05) is 31.5 Å². The van der Waals surface area contributed by atoms with E-state index in [0.29, 0.717) is 24.0 Å². The Morgan fingerprint density at radius 2 is 1.78 bits per heavy atom. The quantitative estimate of drug-likeness (QED) is 0.519. The van der Waals surface area contributed by atoms with Gasteiger partial charge in [0.05, 0.1) is 6.20 Å². The second-order valence-corrected chi connectivity index (χ2v) is 11.6. The minimum absolute atomic E-state index is 0.0664. The van der Waals surface area contributed by atoms with Crippen molar-refractivity contribution in [3.63, 3.8) is 0 Å². The molecule has 200 valence electrons. The van der Waals surface area contributed by atoms with Crippen LogP contribution in [0, 0.1) is 0 Å². The predicted octanol–water partition coefficient (Wildman–Crippen LogP) is 4.22. The standard InChI is InChI=1S/C26H44N8O2/c1-7-17-16-27-34-22(17)31-23(28-18-11-13-21(14-12-18)33(5)6)32-24(34)29-19-9-8-10-20(15-19)30-25(35)36-26(2,3)4/h16,18-21H,7-15H2,1-6H3,(H,30,35)(H2,28,29,31,32). The van der Waals surface area contributed by atoms with E-state index in [1.54, 1.807) is 0 Å². The highest BCUT2D eigenvalue weighted by Crippen LogP contribution is 2.26. The molecule has 36 heavy (non-hydrogen) atoms. The summed E-state index contributed by atoms with van der Waals surface area (Å²) >= 11 is 0. The summed E-state index contributed by atoms with van der Waals surface area (Å²) in [6.45, 7) is 7.76. The predicted molar refractivity (Wildman–Crippen MR) is 143 cm³/mol. The molecule has 4 rings (SSSR count). The molecule has 0 bridgehead atoms. The molecule has 2 aliphatic rings. The number of aryl methyl sites for hydroxylation is 1. The van der Waals surface area contributed by atoms with Crippen molar-refractivity contribution in [2.75, 3.05) is 24.7 Å². The van der Waals surface area contributed by atoms with Gasteiger partial charge in [0, 0.05) is 29.7 Å². The van der Waals surface area contributed by atoms with Gasteiger partial charge >= 0.3 is 6.09 Å². The van der Waals surface area contributed by atoms with Gasteiger partial charge in [-0.3, -0.25) is 0 Å². The molecular weight excluding hydrogens is 456 g/mol. The SMILES string of the molecule is CCc1cnn2c(NC3CCCC(NC(=O)OC(C)(C)C)C3)nc(NC3CCC(N(C)C)CC3)nc12. The fourth-order valence-corrected chi connectivity index (χ4v) is 5.36. The van der Waals surface area contributed by atoms with Crippen molar-refractivity contribution in [2.45, 2.75) is 115 Å². The van der Waals surface area contributed by atoms with E-state index in [0.717, 1.165) is 56.2 Å². The molecular formula is C26H44N8O2. The smallest absolute Gasteiger partial charge is 0.407 e. The number of fused-ring (bicyclic) bond motifs is 1. The number of carbonyl (C=O) groups excluding carboxylic acids is 1. The number of anilines is 2. The molecule has 2 fully saturated rings. The van der Waals surface area contributed by atoms with Gasteiger partial charge in [-0.15, -0.1) is 0 Å². The summed E-state index contributed by atoms with van der Waals surface area (Å²) in [5, 5.41) is 14.9. The number of hydrogen-bond acceptors (Lipinski definition) is 8. The van der Waals surface area contributed by atoms with E-state index in [-0.39, 0.29) is 18.2 Å². The Kier molecular flexibility index (Phi) is 8.22. The number of ether oxygens (including phenoxy) is 1. The highest BCUT2D eigenvalue weighted by Gasteiger charge is 2.27. The molecule has 0 saturated heterocycles. The van der Waals surface area contributed by atoms with Crippen LogP contribution in [-0.4, -0.2) is 74.4 Å². The van der Waals surface area contributed by atoms with Crippen molar-refractivity contribution in [3.8, 4) is 0 Å². The minimum Gasteiger partial charge on any atom is -0.444 e. The van der Waals surface area contributed by atoms with Crippen LogP contribution in [0.1, 0.15) is 84.6 Å². The van der Waals surface area contributed by atoms with Gasteiger partial charge in [-0.25, -0.2) is 4.79 Å². The zero-order chi connectivity index (χ0) is 25.9. The monoisotopic (exact) mass is 500 g/mol. The zero-order valence-electron chi connectivity index (χ0n) is 22.8. The van der Waals surface area contributed by atoms with Crippen LogP contribution >= 0.6 is 0 Å². The Hall–Kier alpha value is -2.62. The summed E-state index contributed by atoms with van der Waals surface area (Å²) in [6.07, 6.45) is 10.8. The molecule has 2 aliphatic carbocycles. The Morgan fingerprint density at radius 3 is 2.44 bits per heavy atom. The lowest BCUT2D eigenvalue weighted by Crippen LogP contribution is -2.44. The van der Waals surface area contributed by atoms with Crippen LogP contribution < -0.4 is 16.0 Å². The van der Waals surface area contributed by atoms with Gasteiger partial charge in [0.2, 0.25) is 11.9 Å². The molecule has 2 aromatic heterocycles. The number of carbonyl (C=O) groups is 1. The molecule has 2 aromatic rings. The van der Waals surface area contributed by atoms with Gasteiger partial charge in [-0.1, -0.05) is 6.92 Å². The fraction of sp³-hybridized carbons (Fsp3) is 0.769. The summed E-state index contributed by atoms with van der Waals surface area (Å²) in [4.78, 5) is 24.3. The molecule has 1 amide bonds. The lowest BCUT2D eigenvalue weighted by molar-refractivity contribution is 0.0492. The van der Waals surface area contributed by atoms with Crippen molar-refractivity contribution in [1.82, 2.24) is 29.8 Å². The summed E-state index contributed by atoms with van der Waals surface area (Å²) < 4.78 is 7.28. The maximum Gasteiger partial charge on any atom is 0.407 e. The van der Waals surface area contributed by atoms with Crippen LogP contribution in [-0.2, 0) is 11.2 Å². The van der Waals surface area contributed by atoms with E-state index in [4.69, 9.17) is 14.7 Å². The third kappa shape index (κ3) is 6.78. The van der Waals surface area contributed by atoms with Crippen LogP contribution in [0.25, 0.3) is 5.65 Å². The first-order chi connectivity index (χ1) is 17.1. The number of amides is 1. The van der Waals surface area contributed by atoms with Crippen molar-refractivity contribution in [1.29, 1.82) is 0 Å². The molecule has 0 aromatic carbocycles. The first-order valence-corrected chi connectivity index (χ1v) is 13.5. The van der Waals surface area contributed by atoms with Crippen LogP contribution in [0.3, 0.4) is 0 Å². The van der Waals surface area contributed by atoms with Gasteiger partial charge in [0.15, 0.2) is 5.65 Å². The van der Waals surface area contributed by atoms with Gasteiger partial charge in [-0.05, 0) is 92.7 Å². The van der Waals surface area contributed by atoms with Crippen LogP contribution in [0.4, 0.5) is 16.7 Å². The second kappa shape index (κ2) is 11.2. The van der Waals surface area contributed by atoms with Crippen molar-refractivity contribution < 1.29 is 9.53 Å². The molecule has 0 aliphatic heterocycles. The van der Waals surface area contributed by atoms with Crippen molar-refractivity contribution in [2.24, 2.45) is 0 Å². The lowest BCUT2D eigenvalue weighted by atomic mass is 9.90. The zero-order valence-corrected chi connectivity index (χ0v) is 22.8. The van der Waals surface area contributed by atoms with Crippen LogP contribution in [0.15, 0.2) is 6.20 Å². The average molecular weight is 501 g/mol. The van der Waals surface area contributed by atoms with E-state index < -0.39 is 5.60 Å². The molecule has 2 saturated carbocycles. The minimum atomic E-state index is -0.505. The topological polar surface area (TPSA) is 109 Å². The second-order valence-electron chi connectivity index (χ2n) is 11.6. The molecule has 10 heteroatoms. The Bertz CT molecular complexity index is 1020. The van der Waals surface area contributed by atoms with Crippen LogP contribution in [0.2, 0.25) is 0 Å². The molecule has 3 N–H and O–H groups in total. The summed E-state index contributed by atoms with van der Waals surface area (Å²) in [5.41, 5.74) is 1.45. The highest BCUT2D eigenvalue weighted by atomic mass is 16.6. The average Bonchev–Trinajstić information content (AvgIpc) is 3.22. The largest absolute Gasteiger partial charge is 0.444 e. The van der Waals surface area contributed by atoms with E-state index in [9.17, 15) is 4.79 Å². The van der Waals surface area contributed by atoms with Gasteiger partial charge in [-0.2, -0.15) is 19.6 Å². The van der Waals surface area contributed by atoms with E-state index >= 15 is 0 Å². The van der Waals surface area contributed by atoms with Gasteiger partial charge in [0.1, 0.15) is 5.60 Å². The molecule has 2 unspecified atom stereocenters. The molecule has 0 radical (unpaired) electrons. The van der Waals surface area contributed by atoms with Crippen molar-refractivity contribution in [3.05, 3.63) is 11.8 Å². The number of nitrogens with one attached hydrogen (secondary N) is 3. The van der Waals surface area contributed by atoms with Gasteiger partial charge in [0.25, 0.3) is 0 Å². The highest BCUT2D eigenvalue weighted by molar-refractivity contribution is 5.68. The first kappa shape index (κ1) is 26.4. The Labute approximate surface area is 215 Å². The lowest BCUT2D eigenvalue weighted by Gasteiger charge is -2.33. The molecule has 2 atom stereocenters. The maximum atomic E-state index is 12.3. The summed E-state index contributed by atoms with van der Waals surface area (Å²) in [5.74, 6) is 1.36. The first-order valence-electron chi connectivity index (χ1n) is 13.5. The van der Waals surface area contributed by atoms with Crippen LogP contribution in [0.5, 0.6) is 0 Å². The summed E-state index contributed by atoms with van der Waals surface area (Å²) in [7, 11) is 4.33. The number of rotatable bonds is 7. The third-order valence-corrected chi connectivity index (χ3v) is 7.31. The maximum absolute atomic E-state index is 12.3. The summed E-state index contributed by atoms with van der Waals surface area (Å²) in [6, 6.07) is 1.27.